The molecule has 2 heterocycles. The third-order valence-corrected chi connectivity index (χ3v) is 3.14. The maximum Gasteiger partial charge on any atom is 0.120 e. The second kappa shape index (κ2) is 3.80. The van der Waals surface area contributed by atoms with Gasteiger partial charge in [-0.05, 0) is 12.1 Å². The molecule has 3 rings (SSSR count). The Labute approximate surface area is 104 Å². The highest BCUT2D eigenvalue weighted by Crippen LogP contribution is 2.33. The Hall–Kier alpha value is -2.43. The molecule has 0 spiro atoms. The van der Waals surface area contributed by atoms with Crippen molar-refractivity contribution in [1.29, 1.82) is 0 Å². The van der Waals surface area contributed by atoms with Crippen LogP contribution in [0.2, 0.25) is 0 Å². The van der Waals surface area contributed by atoms with Crippen molar-refractivity contribution >= 4 is 16.6 Å². The van der Waals surface area contributed by atoms with Gasteiger partial charge in [0, 0.05) is 30.3 Å². The molecule has 0 amide bonds. The fourth-order valence-corrected chi connectivity index (χ4v) is 2.20. The van der Waals surface area contributed by atoms with Crippen LogP contribution in [0.25, 0.3) is 22.2 Å². The van der Waals surface area contributed by atoms with Crippen LogP contribution in [-0.4, -0.2) is 21.9 Å². The van der Waals surface area contributed by atoms with E-state index in [9.17, 15) is 0 Å². The van der Waals surface area contributed by atoms with E-state index in [4.69, 9.17) is 10.5 Å². The van der Waals surface area contributed by atoms with Gasteiger partial charge in [0.2, 0.25) is 0 Å². The number of hydrogen-bond acceptors (Lipinski definition) is 3. The topological polar surface area (TPSA) is 68.9 Å². The number of benzene rings is 1. The second-order valence-electron chi connectivity index (χ2n) is 4.24. The third-order valence-electron chi connectivity index (χ3n) is 3.14. The average molecular weight is 242 g/mol. The van der Waals surface area contributed by atoms with Gasteiger partial charge in [-0.1, -0.05) is 0 Å². The summed E-state index contributed by atoms with van der Waals surface area (Å²) in [5.74, 6) is 0.841. The molecule has 92 valence electrons. The molecule has 0 aliphatic heterocycles. The summed E-state index contributed by atoms with van der Waals surface area (Å²) in [5.41, 5.74) is 9.55. The van der Waals surface area contributed by atoms with Crippen LogP contribution in [0.4, 0.5) is 5.69 Å². The minimum Gasteiger partial charge on any atom is -0.497 e. The Morgan fingerprint density at radius 2 is 2.22 bits per heavy atom. The normalized spacial score (nSPS) is 11.0. The number of anilines is 1. The smallest absolute Gasteiger partial charge is 0.120 e. The summed E-state index contributed by atoms with van der Waals surface area (Å²) in [5, 5.41) is 8.02. The van der Waals surface area contributed by atoms with E-state index in [-0.39, 0.29) is 0 Å². The van der Waals surface area contributed by atoms with Crippen LogP contribution < -0.4 is 10.5 Å². The number of ether oxygens (including phenoxy) is 1. The van der Waals surface area contributed by atoms with E-state index in [1.54, 1.807) is 13.3 Å². The lowest BCUT2D eigenvalue weighted by molar-refractivity contribution is 0.415. The van der Waals surface area contributed by atoms with E-state index in [0.717, 1.165) is 27.9 Å². The lowest BCUT2D eigenvalue weighted by atomic mass is 10.1. The largest absolute Gasteiger partial charge is 0.497 e. The summed E-state index contributed by atoms with van der Waals surface area (Å²) in [6.07, 6.45) is 3.66. The number of H-pyrrole nitrogens is 1. The molecule has 0 unspecified atom stereocenters. The van der Waals surface area contributed by atoms with E-state index >= 15 is 0 Å². The van der Waals surface area contributed by atoms with Crippen molar-refractivity contribution in [3.8, 4) is 17.0 Å². The molecule has 0 aliphatic rings. The van der Waals surface area contributed by atoms with E-state index in [2.05, 4.69) is 10.2 Å². The number of aromatic amines is 1. The molecule has 0 atom stereocenters. The fraction of sp³-hybridized carbons (Fsp3) is 0.154. The second-order valence-corrected chi connectivity index (χ2v) is 4.24. The third kappa shape index (κ3) is 1.44. The highest BCUT2D eigenvalue weighted by atomic mass is 16.5. The lowest BCUT2D eigenvalue weighted by Gasteiger charge is -2.01. The van der Waals surface area contributed by atoms with Gasteiger partial charge >= 0.3 is 0 Å². The van der Waals surface area contributed by atoms with Gasteiger partial charge < -0.3 is 15.0 Å². The molecule has 0 saturated heterocycles. The first kappa shape index (κ1) is 10.7. The summed E-state index contributed by atoms with van der Waals surface area (Å²) in [6, 6.07) is 5.98. The zero-order valence-corrected chi connectivity index (χ0v) is 10.3. The number of nitrogen functional groups attached to an aromatic ring is 1. The minimum absolute atomic E-state index is 0.651. The van der Waals surface area contributed by atoms with Crippen molar-refractivity contribution in [2.24, 2.45) is 7.05 Å². The molecule has 3 N–H and O–H groups in total. The van der Waals surface area contributed by atoms with Crippen LogP contribution in [0, 0.1) is 0 Å². The number of fused-ring (bicyclic) bond motifs is 1. The predicted octanol–water partition coefficient (Wildman–Crippen LogP) is 2.16. The lowest BCUT2D eigenvalue weighted by Crippen LogP contribution is -1.86. The van der Waals surface area contributed by atoms with Gasteiger partial charge in [-0.15, -0.1) is 0 Å². The van der Waals surface area contributed by atoms with E-state index in [1.165, 1.54) is 0 Å². The van der Waals surface area contributed by atoms with Crippen molar-refractivity contribution in [2.75, 3.05) is 12.8 Å². The number of rotatable bonds is 2. The van der Waals surface area contributed by atoms with Crippen LogP contribution in [-0.2, 0) is 7.05 Å². The molecule has 1 aromatic carbocycles. The molecule has 18 heavy (non-hydrogen) atoms. The summed E-state index contributed by atoms with van der Waals surface area (Å²) < 4.78 is 7.29. The number of aromatic nitrogens is 3. The molecular weight excluding hydrogens is 228 g/mol. The predicted molar refractivity (Wildman–Crippen MR) is 71.5 cm³/mol. The fourth-order valence-electron chi connectivity index (χ4n) is 2.20. The number of nitrogens with one attached hydrogen (secondary N) is 1. The number of hydrogen-bond donors (Lipinski definition) is 2. The standard InChI is InChI=1S/C13H14N4O/c1-17-7-10(13-11(14)6-15-16-13)9-4-3-8(18-2)5-12(9)17/h3-7H,14H2,1-2H3,(H,15,16). The van der Waals surface area contributed by atoms with Crippen molar-refractivity contribution in [3.63, 3.8) is 0 Å². The van der Waals surface area contributed by atoms with Gasteiger partial charge in [0.15, 0.2) is 0 Å². The summed E-state index contributed by atoms with van der Waals surface area (Å²) in [4.78, 5) is 0. The molecular formula is C13H14N4O. The number of nitrogens with two attached hydrogens (primary N) is 1. The monoisotopic (exact) mass is 242 g/mol. The van der Waals surface area contributed by atoms with E-state index < -0.39 is 0 Å². The molecule has 5 heteroatoms. The minimum atomic E-state index is 0.651. The maximum atomic E-state index is 5.90. The molecule has 0 bridgehead atoms. The quantitative estimate of drug-likeness (QED) is 0.723. The Kier molecular flexibility index (Phi) is 2.26. The van der Waals surface area contributed by atoms with Crippen molar-refractivity contribution in [1.82, 2.24) is 14.8 Å². The van der Waals surface area contributed by atoms with Crippen LogP contribution >= 0.6 is 0 Å². The Morgan fingerprint density at radius 3 is 2.89 bits per heavy atom. The summed E-state index contributed by atoms with van der Waals surface area (Å²) in [6.45, 7) is 0. The van der Waals surface area contributed by atoms with E-state index in [0.29, 0.717) is 5.69 Å². The summed E-state index contributed by atoms with van der Waals surface area (Å²) in [7, 11) is 3.66. The van der Waals surface area contributed by atoms with Crippen LogP contribution in [0.3, 0.4) is 0 Å². The highest BCUT2D eigenvalue weighted by Gasteiger charge is 2.13. The maximum absolute atomic E-state index is 5.90. The first-order chi connectivity index (χ1) is 8.70. The average Bonchev–Trinajstić information content (AvgIpc) is 2.93. The van der Waals surface area contributed by atoms with Gasteiger partial charge in [0.25, 0.3) is 0 Å². The molecule has 0 saturated carbocycles. The molecule has 0 fully saturated rings. The zero-order chi connectivity index (χ0) is 12.7. The number of aryl methyl sites for hydroxylation is 1. The van der Waals surface area contributed by atoms with Crippen molar-refractivity contribution in [3.05, 3.63) is 30.6 Å². The van der Waals surface area contributed by atoms with Gasteiger partial charge in [-0.3, -0.25) is 5.10 Å². The van der Waals surface area contributed by atoms with Crippen molar-refractivity contribution in [2.45, 2.75) is 0 Å². The Morgan fingerprint density at radius 1 is 1.39 bits per heavy atom. The van der Waals surface area contributed by atoms with Gasteiger partial charge in [0.1, 0.15) is 5.75 Å². The zero-order valence-electron chi connectivity index (χ0n) is 10.3. The van der Waals surface area contributed by atoms with Gasteiger partial charge in [-0.25, -0.2) is 0 Å². The SMILES string of the molecule is COc1ccc2c(-c3[nH]ncc3N)cn(C)c2c1. The van der Waals surface area contributed by atoms with E-state index in [1.807, 2.05) is 36.0 Å². The number of nitrogens with zero attached hydrogens (tertiary/aromatic N) is 2. The first-order valence-corrected chi connectivity index (χ1v) is 5.63. The van der Waals surface area contributed by atoms with Crippen molar-refractivity contribution < 1.29 is 4.74 Å². The van der Waals surface area contributed by atoms with Gasteiger partial charge in [0.05, 0.1) is 30.2 Å². The molecule has 0 aliphatic carbocycles. The van der Waals surface area contributed by atoms with Crippen LogP contribution in [0.1, 0.15) is 0 Å². The van der Waals surface area contributed by atoms with Gasteiger partial charge in [-0.2, -0.15) is 5.10 Å². The first-order valence-electron chi connectivity index (χ1n) is 5.63. The highest BCUT2D eigenvalue weighted by molar-refractivity contribution is 5.98. The molecule has 5 nitrogen and oxygen atoms in total. The Bertz CT molecular complexity index is 711. The molecule has 3 aromatic rings. The van der Waals surface area contributed by atoms with Crippen LogP contribution in [0.15, 0.2) is 30.6 Å². The molecule has 2 aromatic heterocycles. The Balaban J connectivity index is 2.29. The molecule has 0 radical (unpaired) electrons. The summed E-state index contributed by atoms with van der Waals surface area (Å²) >= 11 is 0. The number of methoxy groups -OCH3 is 1. The van der Waals surface area contributed by atoms with Crippen LogP contribution in [0.5, 0.6) is 5.75 Å².